The van der Waals surface area contributed by atoms with E-state index in [1.807, 2.05) is 0 Å². The van der Waals surface area contributed by atoms with Crippen molar-refractivity contribution in [3.05, 3.63) is 33.6 Å². The summed E-state index contributed by atoms with van der Waals surface area (Å²) < 4.78 is 0. The predicted molar refractivity (Wildman–Crippen MR) is 83.3 cm³/mol. The number of halogens is 1. The average Bonchev–Trinajstić information content (AvgIpc) is 2.48. The highest BCUT2D eigenvalue weighted by molar-refractivity contribution is 6.64. The summed E-state index contributed by atoms with van der Waals surface area (Å²) >= 11 is 5.67. The number of rotatable bonds is 2. The van der Waals surface area contributed by atoms with E-state index in [0.29, 0.717) is 0 Å². The molecular formula is C12H15ClN4O7. The Morgan fingerprint density at radius 3 is 2.17 bits per heavy atom. The summed E-state index contributed by atoms with van der Waals surface area (Å²) in [7, 11) is 1.32. The van der Waals surface area contributed by atoms with Crippen LogP contribution < -0.4 is 16.8 Å². The molecule has 0 unspecified atom stereocenters. The van der Waals surface area contributed by atoms with Gasteiger partial charge in [-0.2, -0.15) is 0 Å². The quantitative estimate of drug-likeness (QED) is 0.454. The molecule has 1 aliphatic rings. The second kappa shape index (κ2) is 8.12. The number of primary amides is 1. The van der Waals surface area contributed by atoms with Crippen molar-refractivity contribution in [3.63, 3.8) is 0 Å². The number of hydrogen-bond acceptors (Lipinski definition) is 6. The van der Waals surface area contributed by atoms with E-state index in [-0.39, 0.29) is 44.6 Å². The van der Waals surface area contributed by atoms with Crippen LogP contribution in [0.4, 0.5) is 0 Å². The van der Waals surface area contributed by atoms with Crippen molar-refractivity contribution in [3.8, 4) is 0 Å². The van der Waals surface area contributed by atoms with Crippen LogP contribution in [0.2, 0.25) is 0 Å². The summed E-state index contributed by atoms with van der Waals surface area (Å²) in [5.41, 5.74) is 9.48. The number of pyridine rings is 1. The molecule has 2 rings (SSSR count). The molecule has 11 nitrogen and oxygen atoms in total. The van der Waals surface area contributed by atoms with Crippen molar-refractivity contribution >= 4 is 40.7 Å². The molecule has 0 bridgehead atoms. The minimum absolute atomic E-state index is 0. The van der Waals surface area contributed by atoms with Gasteiger partial charge < -0.3 is 33.2 Å². The molecule has 0 saturated heterocycles. The molecule has 1 aliphatic carbocycles. The normalized spacial score (nSPS) is 12.2. The third kappa shape index (κ3) is 3.38. The molecule has 1 heterocycles. The van der Waals surface area contributed by atoms with Crippen molar-refractivity contribution in [2.75, 3.05) is 7.05 Å². The fourth-order valence-electron chi connectivity index (χ4n) is 1.85. The molecule has 0 aromatic carbocycles. The fourth-order valence-corrected chi connectivity index (χ4v) is 2.02. The van der Waals surface area contributed by atoms with Crippen molar-refractivity contribution < 1.29 is 35.6 Å². The van der Waals surface area contributed by atoms with E-state index in [0.717, 1.165) is 6.07 Å². The maximum absolute atomic E-state index is 12.0. The van der Waals surface area contributed by atoms with Gasteiger partial charge in [-0.05, 0) is 6.07 Å². The van der Waals surface area contributed by atoms with E-state index in [1.165, 1.54) is 7.05 Å². The zero-order valence-corrected chi connectivity index (χ0v) is 12.9. The van der Waals surface area contributed by atoms with Crippen molar-refractivity contribution in [1.29, 1.82) is 0 Å². The number of ketones is 2. The first kappa shape index (κ1) is 23.4. The summed E-state index contributed by atoms with van der Waals surface area (Å²) in [6.07, 6.45) is 0. The lowest BCUT2D eigenvalue weighted by molar-refractivity contribution is -0.111. The highest BCUT2D eigenvalue weighted by Crippen LogP contribution is 2.29. The van der Waals surface area contributed by atoms with E-state index in [9.17, 15) is 19.2 Å². The monoisotopic (exact) mass is 362 g/mol. The minimum atomic E-state index is -1.04. The van der Waals surface area contributed by atoms with Gasteiger partial charge in [-0.25, -0.2) is 4.98 Å². The number of Topliss-reactive ketones (excluding diaryl/α,β-unsaturated/α-hetero) is 2. The first-order valence-corrected chi connectivity index (χ1v) is 5.99. The smallest absolute Gasteiger partial charge is 0.267 e. The van der Waals surface area contributed by atoms with Crippen molar-refractivity contribution in [2.45, 2.75) is 0 Å². The number of fused-ring (bicyclic) bond motifs is 1. The number of hydrogen-bond donors (Lipinski definition) is 3. The van der Waals surface area contributed by atoms with E-state index in [1.54, 1.807) is 0 Å². The highest BCUT2D eigenvalue weighted by Gasteiger charge is 2.36. The fraction of sp³-hybridized carbons (Fsp3) is 0.0833. The number of nitrogens with zero attached hydrogens (tertiary/aromatic N) is 1. The van der Waals surface area contributed by atoms with Crippen LogP contribution in [0.25, 0.3) is 5.70 Å². The second-order valence-corrected chi connectivity index (χ2v) is 4.49. The number of amides is 2. The van der Waals surface area contributed by atoms with Crippen LogP contribution >= 0.6 is 11.6 Å². The maximum atomic E-state index is 12.0. The van der Waals surface area contributed by atoms with Crippen LogP contribution in [0.1, 0.15) is 36.9 Å². The third-order valence-corrected chi connectivity index (χ3v) is 3.24. The third-order valence-electron chi connectivity index (χ3n) is 2.87. The molecule has 1 aromatic heterocycles. The Kier molecular flexibility index (Phi) is 7.92. The number of nitrogens with one attached hydrogen (secondary N) is 1. The van der Waals surface area contributed by atoms with Crippen LogP contribution in [0.15, 0.2) is 11.1 Å². The lowest BCUT2D eigenvalue weighted by Crippen LogP contribution is -2.31. The van der Waals surface area contributed by atoms with E-state index in [2.05, 4.69) is 10.3 Å². The van der Waals surface area contributed by atoms with Crippen molar-refractivity contribution in [1.82, 2.24) is 10.3 Å². The SMILES string of the molecule is CNC(=O)c1cc(C(N)=O)nc2c1C(=O)C(=O)C(Cl)=C2N.O.O.O. The van der Waals surface area contributed by atoms with Crippen LogP contribution in [0, 0.1) is 0 Å². The Morgan fingerprint density at radius 2 is 1.71 bits per heavy atom. The Hall–Kier alpha value is -2.86. The molecule has 0 aliphatic heterocycles. The average molecular weight is 363 g/mol. The summed E-state index contributed by atoms with van der Waals surface area (Å²) in [6, 6.07) is 1.03. The maximum Gasteiger partial charge on any atom is 0.267 e. The number of allylic oxidation sites excluding steroid dienone is 1. The van der Waals surface area contributed by atoms with Gasteiger partial charge in [0.05, 0.1) is 16.8 Å². The zero-order valence-electron chi connectivity index (χ0n) is 12.2. The molecule has 24 heavy (non-hydrogen) atoms. The van der Waals surface area contributed by atoms with Crippen molar-refractivity contribution in [2.24, 2.45) is 11.5 Å². The van der Waals surface area contributed by atoms with Crippen LogP contribution in [-0.2, 0) is 4.79 Å². The molecule has 0 radical (unpaired) electrons. The molecular weight excluding hydrogens is 348 g/mol. The van der Waals surface area contributed by atoms with Crippen LogP contribution in [0.5, 0.6) is 0 Å². The zero-order chi connectivity index (χ0) is 15.9. The molecule has 0 spiro atoms. The Bertz CT molecular complexity index is 760. The van der Waals surface area contributed by atoms with Crippen LogP contribution in [0.3, 0.4) is 0 Å². The Labute approximate surface area is 139 Å². The largest absolute Gasteiger partial charge is 0.412 e. The Balaban J connectivity index is 0. The van der Waals surface area contributed by atoms with Gasteiger partial charge in [0.15, 0.2) is 0 Å². The number of carbonyl (C=O) groups is 4. The van der Waals surface area contributed by atoms with Gasteiger partial charge in [0.2, 0.25) is 11.6 Å². The molecule has 12 heteroatoms. The molecule has 0 fully saturated rings. The molecule has 0 saturated carbocycles. The van der Waals surface area contributed by atoms with Gasteiger partial charge >= 0.3 is 0 Å². The summed E-state index contributed by atoms with van der Waals surface area (Å²) in [6.45, 7) is 0. The topological polar surface area (TPSA) is 240 Å². The Morgan fingerprint density at radius 1 is 1.17 bits per heavy atom. The number of carbonyl (C=O) groups excluding carboxylic acids is 4. The minimum Gasteiger partial charge on any atom is -0.412 e. The molecule has 1 aromatic rings. The summed E-state index contributed by atoms with van der Waals surface area (Å²) in [4.78, 5) is 50.7. The lowest BCUT2D eigenvalue weighted by atomic mass is 9.91. The van der Waals surface area contributed by atoms with Crippen LogP contribution in [-0.4, -0.2) is 51.8 Å². The first-order valence-electron chi connectivity index (χ1n) is 5.61. The number of aromatic nitrogens is 1. The highest BCUT2D eigenvalue weighted by atomic mass is 35.5. The van der Waals surface area contributed by atoms with Gasteiger partial charge in [-0.1, -0.05) is 11.6 Å². The second-order valence-electron chi connectivity index (χ2n) is 4.11. The van der Waals surface area contributed by atoms with Gasteiger partial charge in [-0.3, -0.25) is 19.2 Å². The van der Waals surface area contributed by atoms with E-state index >= 15 is 0 Å². The molecule has 0 atom stereocenters. The standard InChI is InChI=1S/C12H9ClN4O4.3H2O/c1-16-12(21)3-2-4(11(15)20)17-8-5(3)9(18)10(19)6(13)7(8)14;;;/h2H,14H2,1H3,(H2,15,20)(H,16,21);3*1H2. The molecule has 132 valence electrons. The molecule has 11 N–H and O–H groups in total. The predicted octanol–water partition coefficient (Wildman–Crippen LogP) is -3.30. The van der Waals surface area contributed by atoms with Gasteiger partial charge in [0.1, 0.15) is 16.4 Å². The molecule has 2 amide bonds. The van der Waals surface area contributed by atoms with E-state index < -0.39 is 28.4 Å². The van der Waals surface area contributed by atoms with E-state index in [4.69, 9.17) is 23.1 Å². The van der Waals surface area contributed by atoms with Gasteiger partial charge in [0, 0.05) is 7.05 Å². The van der Waals surface area contributed by atoms with Gasteiger partial charge in [-0.15, -0.1) is 0 Å². The lowest BCUT2D eigenvalue weighted by Gasteiger charge is -2.18. The summed E-state index contributed by atoms with van der Waals surface area (Å²) in [5.74, 6) is -3.67. The summed E-state index contributed by atoms with van der Waals surface area (Å²) in [5, 5.41) is 1.78. The first-order chi connectivity index (χ1) is 9.79. The van der Waals surface area contributed by atoms with Gasteiger partial charge in [0.25, 0.3) is 11.8 Å². The number of nitrogens with two attached hydrogens (primary N) is 2.